The zero-order valence-corrected chi connectivity index (χ0v) is 12.0. The molecule has 22 heavy (non-hydrogen) atoms. The summed E-state index contributed by atoms with van der Waals surface area (Å²) in [5.74, 6) is 0.189. The number of amides is 1. The number of pyridine rings is 1. The Balaban J connectivity index is 1.90. The zero-order valence-electron chi connectivity index (χ0n) is 12.0. The Morgan fingerprint density at radius 3 is 2.82 bits per heavy atom. The average molecular weight is 298 g/mol. The van der Waals surface area contributed by atoms with E-state index in [1.807, 2.05) is 0 Å². The number of likely N-dealkylation sites (N-methyl/N-ethyl adjacent to an activating group) is 1. The van der Waals surface area contributed by atoms with Gasteiger partial charge < -0.3 is 14.2 Å². The van der Waals surface area contributed by atoms with Crippen LogP contribution in [0.5, 0.6) is 5.75 Å². The zero-order chi connectivity index (χ0) is 15.7. The smallest absolute Gasteiger partial charge is 0.264 e. The second-order valence-corrected chi connectivity index (χ2v) is 5.01. The molecule has 0 N–H and O–H groups in total. The van der Waals surface area contributed by atoms with E-state index in [4.69, 9.17) is 4.74 Å². The first-order valence-corrected chi connectivity index (χ1v) is 6.78. The summed E-state index contributed by atoms with van der Waals surface area (Å²) < 4.78 is 6.66. The molecule has 3 rings (SSSR count). The number of anilines is 1. The first-order valence-electron chi connectivity index (χ1n) is 6.78. The van der Waals surface area contributed by atoms with E-state index in [1.165, 1.54) is 15.5 Å². The van der Waals surface area contributed by atoms with Crippen LogP contribution in [-0.2, 0) is 11.3 Å². The summed E-state index contributed by atoms with van der Waals surface area (Å²) in [6.45, 7) is -0.0484. The van der Waals surface area contributed by atoms with E-state index >= 15 is 0 Å². The lowest BCUT2D eigenvalue weighted by Gasteiger charge is -2.26. The fourth-order valence-electron chi connectivity index (χ4n) is 2.28. The number of ketones is 1. The van der Waals surface area contributed by atoms with Gasteiger partial charge in [0, 0.05) is 24.9 Å². The number of aromatic nitrogens is 1. The molecule has 0 aliphatic carbocycles. The molecule has 1 aromatic carbocycles. The number of benzene rings is 1. The fourth-order valence-corrected chi connectivity index (χ4v) is 2.28. The van der Waals surface area contributed by atoms with E-state index in [9.17, 15) is 14.4 Å². The molecule has 0 radical (unpaired) electrons. The highest BCUT2D eigenvalue weighted by Crippen LogP contribution is 2.32. The van der Waals surface area contributed by atoms with Crippen molar-refractivity contribution >= 4 is 17.4 Å². The Morgan fingerprint density at radius 2 is 2.05 bits per heavy atom. The van der Waals surface area contributed by atoms with E-state index in [-0.39, 0.29) is 30.4 Å². The molecule has 0 bridgehead atoms. The summed E-state index contributed by atoms with van der Waals surface area (Å²) in [7, 11) is 1.64. The second-order valence-electron chi connectivity index (χ2n) is 5.01. The standard InChI is InChI=1S/C16H14N2O4/c1-17-12-8-11(5-6-14(12)22-10-16(17)21)13(19)9-18-7-3-2-4-15(18)20/h2-8H,9-10H2,1H3. The van der Waals surface area contributed by atoms with Gasteiger partial charge in [0.2, 0.25) is 0 Å². The minimum atomic E-state index is -0.232. The molecule has 1 amide bonds. The molecule has 1 aliphatic heterocycles. The predicted octanol–water partition coefficient (Wildman–Crippen LogP) is 1.09. The van der Waals surface area contributed by atoms with Crippen molar-refractivity contribution in [2.24, 2.45) is 0 Å². The Kier molecular flexibility index (Phi) is 3.50. The number of ether oxygens (including phenoxy) is 1. The number of fused-ring (bicyclic) bond motifs is 1. The molecule has 0 fully saturated rings. The third-order valence-electron chi connectivity index (χ3n) is 3.58. The van der Waals surface area contributed by atoms with Crippen molar-refractivity contribution in [3.8, 4) is 5.75 Å². The molecule has 6 nitrogen and oxygen atoms in total. The van der Waals surface area contributed by atoms with E-state index in [0.717, 1.165) is 0 Å². The van der Waals surface area contributed by atoms with E-state index < -0.39 is 0 Å². The Morgan fingerprint density at radius 1 is 1.23 bits per heavy atom. The summed E-state index contributed by atoms with van der Waals surface area (Å²) in [6, 6.07) is 9.64. The number of hydrogen-bond acceptors (Lipinski definition) is 4. The third-order valence-corrected chi connectivity index (χ3v) is 3.58. The molecule has 0 saturated carbocycles. The number of rotatable bonds is 3. The van der Waals surface area contributed by atoms with Gasteiger partial charge in [0.25, 0.3) is 11.5 Å². The van der Waals surface area contributed by atoms with Crippen LogP contribution in [0.3, 0.4) is 0 Å². The van der Waals surface area contributed by atoms with Crippen LogP contribution in [0, 0.1) is 0 Å². The molecule has 0 spiro atoms. The number of carbonyl (C=O) groups is 2. The highest BCUT2D eigenvalue weighted by molar-refractivity contribution is 6.01. The van der Waals surface area contributed by atoms with E-state index in [1.54, 1.807) is 43.6 Å². The van der Waals surface area contributed by atoms with Crippen LogP contribution in [0.4, 0.5) is 5.69 Å². The highest BCUT2D eigenvalue weighted by atomic mass is 16.5. The first kappa shape index (κ1) is 14.1. The number of nitrogens with zero attached hydrogens (tertiary/aromatic N) is 2. The monoisotopic (exact) mass is 298 g/mol. The average Bonchev–Trinajstić information content (AvgIpc) is 2.53. The van der Waals surface area contributed by atoms with Crippen LogP contribution in [0.25, 0.3) is 0 Å². The maximum Gasteiger partial charge on any atom is 0.264 e. The van der Waals surface area contributed by atoms with Gasteiger partial charge in [-0.05, 0) is 24.3 Å². The van der Waals surface area contributed by atoms with Gasteiger partial charge in [0.05, 0.1) is 12.2 Å². The van der Waals surface area contributed by atoms with Crippen LogP contribution in [-0.4, -0.2) is 29.9 Å². The van der Waals surface area contributed by atoms with Gasteiger partial charge in [-0.3, -0.25) is 14.4 Å². The molecule has 6 heteroatoms. The van der Waals surface area contributed by atoms with Crippen molar-refractivity contribution in [3.05, 3.63) is 58.5 Å². The number of carbonyl (C=O) groups excluding carboxylic acids is 2. The summed E-state index contributed by atoms with van der Waals surface area (Å²) >= 11 is 0. The van der Waals surface area contributed by atoms with Crippen molar-refractivity contribution < 1.29 is 14.3 Å². The van der Waals surface area contributed by atoms with Gasteiger partial charge in [-0.25, -0.2) is 0 Å². The Bertz CT molecular complexity index is 810. The lowest BCUT2D eigenvalue weighted by molar-refractivity contribution is -0.120. The molecule has 112 valence electrons. The maximum atomic E-state index is 12.3. The highest BCUT2D eigenvalue weighted by Gasteiger charge is 2.23. The predicted molar refractivity (Wildman–Crippen MR) is 80.4 cm³/mol. The van der Waals surface area contributed by atoms with Gasteiger partial charge in [-0.1, -0.05) is 6.07 Å². The van der Waals surface area contributed by atoms with Crippen LogP contribution in [0.1, 0.15) is 10.4 Å². The molecule has 0 saturated heterocycles. The largest absolute Gasteiger partial charge is 0.482 e. The molecule has 1 aliphatic rings. The molecular formula is C16H14N2O4. The van der Waals surface area contributed by atoms with E-state index in [2.05, 4.69) is 0 Å². The van der Waals surface area contributed by atoms with Gasteiger partial charge in [-0.15, -0.1) is 0 Å². The minimum Gasteiger partial charge on any atom is -0.482 e. The van der Waals surface area contributed by atoms with Crippen molar-refractivity contribution in [1.29, 1.82) is 0 Å². The normalized spacial score (nSPS) is 13.5. The summed E-state index contributed by atoms with van der Waals surface area (Å²) in [5, 5.41) is 0. The van der Waals surface area contributed by atoms with Crippen LogP contribution >= 0.6 is 0 Å². The fraction of sp³-hybridized carbons (Fsp3) is 0.188. The third kappa shape index (κ3) is 2.50. The molecule has 1 aromatic heterocycles. The summed E-state index contributed by atoms with van der Waals surface area (Å²) in [5.41, 5.74) is 0.756. The first-order chi connectivity index (χ1) is 10.6. The van der Waals surface area contributed by atoms with Gasteiger partial charge in [0.1, 0.15) is 5.75 Å². The number of Topliss-reactive ketones (excluding diaryl/α,β-unsaturated/α-hetero) is 1. The summed E-state index contributed by atoms with van der Waals surface area (Å²) in [4.78, 5) is 37.1. The van der Waals surface area contributed by atoms with Crippen molar-refractivity contribution in [1.82, 2.24) is 4.57 Å². The van der Waals surface area contributed by atoms with Crippen LogP contribution in [0.15, 0.2) is 47.4 Å². The Hall–Kier alpha value is -2.89. The van der Waals surface area contributed by atoms with Gasteiger partial charge in [0.15, 0.2) is 12.4 Å². The molecule has 0 unspecified atom stereocenters. The SMILES string of the molecule is CN1C(=O)COc2ccc(C(=O)Cn3ccccc3=O)cc21. The van der Waals surface area contributed by atoms with Crippen LogP contribution in [0.2, 0.25) is 0 Å². The van der Waals surface area contributed by atoms with Gasteiger partial charge >= 0.3 is 0 Å². The van der Waals surface area contributed by atoms with Crippen molar-refractivity contribution in [3.63, 3.8) is 0 Å². The quantitative estimate of drug-likeness (QED) is 0.795. The van der Waals surface area contributed by atoms with Gasteiger partial charge in [-0.2, -0.15) is 0 Å². The molecular weight excluding hydrogens is 284 g/mol. The maximum absolute atomic E-state index is 12.3. The van der Waals surface area contributed by atoms with Crippen LogP contribution < -0.4 is 15.2 Å². The Labute approximate surface area is 126 Å². The summed E-state index contributed by atoms with van der Waals surface area (Å²) in [6.07, 6.45) is 1.57. The topological polar surface area (TPSA) is 68.6 Å². The number of hydrogen-bond donors (Lipinski definition) is 0. The molecule has 2 aromatic rings. The minimum absolute atomic E-state index is 0.00377. The second kappa shape index (κ2) is 5.48. The van der Waals surface area contributed by atoms with Crippen molar-refractivity contribution in [2.75, 3.05) is 18.6 Å². The lowest BCUT2D eigenvalue weighted by Crippen LogP contribution is -2.35. The van der Waals surface area contributed by atoms with Crippen molar-refractivity contribution in [2.45, 2.75) is 6.54 Å². The lowest BCUT2D eigenvalue weighted by atomic mass is 10.1. The molecule has 0 atom stereocenters. The molecule has 2 heterocycles. The van der Waals surface area contributed by atoms with E-state index in [0.29, 0.717) is 17.0 Å².